The fourth-order valence-corrected chi connectivity index (χ4v) is 7.08. The lowest BCUT2D eigenvalue weighted by atomic mass is 9.98. The molecule has 0 aliphatic heterocycles. The number of primary sulfonamides is 1. The third kappa shape index (κ3) is 3.72. The number of nitrogens with two attached hydrogens (primary N) is 4. The molecular weight excluding hydrogens is 444 g/mol. The molecule has 0 saturated heterocycles. The molecule has 0 radical (unpaired) electrons. The Morgan fingerprint density at radius 3 is 2.53 bits per heavy atom. The first-order valence-corrected chi connectivity index (χ1v) is 12.6. The Balaban J connectivity index is 2.01. The number of sulfonamides is 1. The third-order valence-electron chi connectivity index (χ3n) is 4.96. The van der Waals surface area contributed by atoms with E-state index < -0.39 is 37.1 Å². The number of nitrogen functional groups attached to an aromatic ring is 2. The first-order chi connectivity index (χ1) is 14.0. The highest BCUT2D eigenvalue weighted by Gasteiger charge is 2.41. The lowest BCUT2D eigenvalue weighted by Gasteiger charge is -2.18. The highest BCUT2D eigenvalue weighted by molar-refractivity contribution is 7.91. The van der Waals surface area contributed by atoms with Crippen LogP contribution in [0.3, 0.4) is 0 Å². The number of amidine groups is 1. The normalized spacial score (nSPS) is 16.5. The molecule has 1 aliphatic carbocycles. The maximum absolute atomic E-state index is 13.0. The number of benzene rings is 2. The molecular formula is C18H20N6O3S3. The van der Waals surface area contributed by atoms with E-state index in [1.54, 1.807) is 18.2 Å². The Labute approximate surface area is 179 Å². The summed E-state index contributed by atoms with van der Waals surface area (Å²) in [5.41, 5.74) is 18.5. The largest absolute Gasteiger partial charge is 0.384 e. The van der Waals surface area contributed by atoms with Gasteiger partial charge >= 0.3 is 0 Å². The number of anilines is 1. The van der Waals surface area contributed by atoms with Crippen molar-refractivity contribution in [3.05, 3.63) is 35.9 Å². The van der Waals surface area contributed by atoms with Gasteiger partial charge in [0.15, 0.2) is 5.13 Å². The van der Waals surface area contributed by atoms with Crippen molar-refractivity contribution in [2.45, 2.75) is 28.2 Å². The SMILES string of the molecule is N=C(N)c1c(-c2cccc3sc(N)nc23)ccc(S(=O)CC2(N)CC2)c1S(N)(=O)=O. The van der Waals surface area contributed by atoms with Crippen molar-refractivity contribution in [3.63, 3.8) is 0 Å². The molecule has 1 aromatic heterocycles. The van der Waals surface area contributed by atoms with E-state index in [-0.39, 0.29) is 16.2 Å². The van der Waals surface area contributed by atoms with Gasteiger partial charge in [0.25, 0.3) is 0 Å². The molecule has 12 heteroatoms. The summed E-state index contributed by atoms with van der Waals surface area (Å²) in [5, 5.41) is 13.9. The van der Waals surface area contributed by atoms with Crippen molar-refractivity contribution >= 4 is 53.3 Å². The topological polar surface area (TPSA) is 192 Å². The number of para-hydroxylation sites is 1. The molecule has 158 valence electrons. The summed E-state index contributed by atoms with van der Waals surface area (Å²) in [6.07, 6.45) is 1.43. The molecule has 4 rings (SSSR count). The molecule has 2 aromatic carbocycles. The second-order valence-corrected chi connectivity index (χ2v) is 11.3. The predicted octanol–water partition coefficient (Wildman–Crippen LogP) is 1.08. The van der Waals surface area contributed by atoms with Crippen LogP contribution in [0.4, 0.5) is 5.13 Å². The molecule has 0 amide bonds. The smallest absolute Gasteiger partial charge is 0.240 e. The second kappa shape index (κ2) is 7.10. The third-order valence-corrected chi connectivity index (χ3v) is 8.60. The van der Waals surface area contributed by atoms with Crippen molar-refractivity contribution in [1.82, 2.24) is 4.98 Å². The molecule has 3 aromatic rings. The minimum absolute atomic E-state index is 0.00635. The number of hydrogen-bond acceptors (Lipinski definition) is 8. The van der Waals surface area contributed by atoms with Gasteiger partial charge in [-0.1, -0.05) is 29.5 Å². The number of thiazole rings is 1. The summed E-state index contributed by atoms with van der Waals surface area (Å²) < 4.78 is 38.9. The van der Waals surface area contributed by atoms with Gasteiger partial charge in [0, 0.05) is 22.4 Å². The Morgan fingerprint density at radius 2 is 1.93 bits per heavy atom. The van der Waals surface area contributed by atoms with Crippen LogP contribution in [0.2, 0.25) is 0 Å². The lowest BCUT2D eigenvalue weighted by Crippen LogP contribution is -2.30. The van der Waals surface area contributed by atoms with E-state index >= 15 is 0 Å². The van der Waals surface area contributed by atoms with Crippen LogP contribution in [0.1, 0.15) is 18.4 Å². The highest BCUT2D eigenvalue weighted by Crippen LogP contribution is 2.39. The van der Waals surface area contributed by atoms with Gasteiger partial charge in [0.1, 0.15) is 10.7 Å². The zero-order chi connectivity index (χ0) is 21.8. The zero-order valence-electron chi connectivity index (χ0n) is 15.7. The fraction of sp³-hybridized carbons (Fsp3) is 0.222. The summed E-state index contributed by atoms with van der Waals surface area (Å²) in [4.78, 5) is 3.90. The second-order valence-electron chi connectivity index (χ2n) is 7.33. The summed E-state index contributed by atoms with van der Waals surface area (Å²) in [5.74, 6) is -0.410. The van der Waals surface area contributed by atoms with E-state index in [0.29, 0.717) is 34.6 Å². The van der Waals surface area contributed by atoms with Crippen LogP contribution < -0.4 is 22.3 Å². The van der Waals surface area contributed by atoms with E-state index in [1.807, 2.05) is 6.07 Å². The van der Waals surface area contributed by atoms with E-state index in [9.17, 15) is 12.6 Å². The van der Waals surface area contributed by atoms with Crippen molar-refractivity contribution in [1.29, 1.82) is 5.41 Å². The number of nitrogens with zero attached hydrogens (tertiary/aromatic N) is 1. The van der Waals surface area contributed by atoms with E-state index in [4.69, 9.17) is 27.7 Å². The van der Waals surface area contributed by atoms with Gasteiger partial charge in [0.2, 0.25) is 10.0 Å². The molecule has 1 aliphatic rings. The van der Waals surface area contributed by atoms with Gasteiger partial charge in [-0.2, -0.15) is 0 Å². The maximum Gasteiger partial charge on any atom is 0.240 e. The van der Waals surface area contributed by atoms with Crippen molar-refractivity contribution in [2.75, 3.05) is 11.5 Å². The predicted molar refractivity (Wildman–Crippen MR) is 119 cm³/mol. The lowest BCUT2D eigenvalue weighted by molar-refractivity contribution is 0.594. The van der Waals surface area contributed by atoms with Gasteiger partial charge in [-0.25, -0.2) is 18.5 Å². The molecule has 0 spiro atoms. The molecule has 9 N–H and O–H groups in total. The minimum atomic E-state index is -4.37. The number of nitrogens with one attached hydrogen (secondary N) is 1. The van der Waals surface area contributed by atoms with Crippen LogP contribution in [-0.2, 0) is 20.8 Å². The molecule has 9 nitrogen and oxygen atoms in total. The molecule has 1 heterocycles. The number of rotatable bonds is 6. The summed E-state index contributed by atoms with van der Waals surface area (Å²) in [7, 11) is -6.10. The van der Waals surface area contributed by atoms with Crippen LogP contribution in [0.15, 0.2) is 40.1 Å². The van der Waals surface area contributed by atoms with Gasteiger partial charge in [0.05, 0.1) is 25.9 Å². The number of hydrogen-bond donors (Lipinski definition) is 5. The van der Waals surface area contributed by atoms with Crippen LogP contribution in [-0.4, -0.2) is 34.7 Å². The summed E-state index contributed by atoms with van der Waals surface area (Å²) in [6, 6.07) is 8.36. The zero-order valence-corrected chi connectivity index (χ0v) is 18.2. The summed E-state index contributed by atoms with van der Waals surface area (Å²) in [6.45, 7) is 0. The van der Waals surface area contributed by atoms with Crippen molar-refractivity contribution in [3.8, 4) is 11.1 Å². The minimum Gasteiger partial charge on any atom is -0.384 e. The van der Waals surface area contributed by atoms with Crippen molar-refractivity contribution < 1.29 is 12.6 Å². The van der Waals surface area contributed by atoms with Crippen LogP contribution in [0.5, 0.6) is 0 Å². The highest BCUT2D eigenvalue weighted by atomic mass is 32.2. The number of fused-ring (bicyclic) bond motifs is 1. The Bertz CT molecular complexity index is 1330. The fourth-order valence-electron chi connectivity index (χ4n) is 3.34. The van der Waals surface area contributed by atoms with E-state index in [2.05, 4.69) is 4.98 Å². The Kier molecular flexibility index (Phi) is 4.94. The quantitative estimate of drug-likeness (QED) is 0.266. The molecule has 1 saturated carbocycles. The van der Waals surface area contributed by atoms with E-state index in [0.717, 1.165) is 4.70 Å². The standard InChI is InChI=1S/C18H20N6O3S3/c19-16(20)13-9(10-2-1-3-11-14(10)24-17(21)28-11)4-5-12(15(13)30(23,26)27)29(25)8-18(22)6-7-18/h1-5H,6-8,22H2,(H3,19,20)(H2,21,24)(H2,23,26,27). The van der Waals surface area contributed by atoms with Crippen LogP contribution in [0.25, 0.3) is 21.3 Å². The summed E-state index contributed by atoms with van der Waals surface area (Å²) >= 11 is 1.28. The van der Waals surface area contributed by atoms with Gasteiger partial charge in [-0.05, 0) is 30.5 Å². The van der Waals surface area contributed by atoms with Crippen LogP contribution >= 0.6 is 11.3 Å². The van der Waals surface area contributed by atoms with Crippen molar-refractivity contribution in [2.24, 2.45) is 16.6 Å². The molecule has 1 fully saturated rings. The van der Waals surface area contributed by atoms with Gasteiger partial charge < -0.3 is 17.2 Å². The maximum atomic E-state index is 13.0. The molecule has 1 atom stereocenters. The first kappa shape index (κ1) is 20.9. The molecule has 30 heavy (non-hydrogen) atoms. The van der Waals surface area contributed by atoms with Crippen LogP contribution in [0, 0.1) is 5.41 Å². The monoisotopic (exact) mass is 464 g/mol. The molecule has 0 bridgehead atoms. The van der Waals surface area contributed by atoms with Gasteiger partial charge in [-0.3, -0.25) is 9.62 Å². The molecule has 1 unspecified atom stereocenters. The van der Waals surface area contributed by atoms with E-state index in [1.165, 1.54) is 17.4 Å². The number of aromatic nitrogens is 1. The average Bonchev–Trinajstić information content (AvgIpc) is 3.24. The first-order valence-electron chi connectivity index (χ1n) is 8.87. The Morgan fingerprint density at radius 1 is 1.23 bits per heavy atom. The average molecular weight is 465 g/mol. The Hall–Kier alpha value is -2.38. The van der Waals surface area contributed by atoms with Gasteiger partial charge in [-0.15, -0.1) is 0 Å².